The zero-order valence-electron chi connectivity index (χ0n) is 8.80. The van der Waals surface area contributed by atoms with Gasteiger partial charge in [0.25, 0.3) is 0 Å². The van der Waals surface area contributed by atoms with Gasteiger partial charge in [-0.05, 0) is 38.8 Å². The Labute approximate surface area is 94.8 Å². The molecule has 1 saturated heterocycles. The number of aromatic amines is 1. The first-order valence-electron chi connectivity index (χ1n) is 5.79. The lowest BCUT2D eigenvalue weighted by Crippen LogP contribution is -2.19. The third kappa shape index (κ3) is 1.91. The lowest BCUT2D eigenvalue weighted by molar-refractivity contribution is 0.330. The summed E-state index contributed by atoms with van der Waals surface area (Å²) in [6.07, 6.45) is 5.25. The molecule has 0 aromatic carbocycles. The van der Waals surface area contributed by atoms with E-state index in [0.29, 0.717) is 11.1 Å². The van der Waals surface area contributed by atoms with E-state index in [-0.39, 0.29) is 0 Å². The predicted octanol–water partition coefficient (Wildman–Crippen LogP) is 2.54. The summed E-state index contributed by atoms with van der Waals surface area (Å²) in [4.78, 5) is 2.47. The van der Waals surface area contributed by atoms with Gasteiger partial charge in [0.1, 0.15) is 0 Å². The molecule has 1 aliphatic carbocycles. The average Bonchev–Trinajstić information content (AvgIpc) is 2.82. The highest BCUT2D eigenvalue weighted by atomic mass is 35.5. The van der Waals surface area contributed by atoms with Crippen LogP contribution in [0.2, 0.25) is 5.15 Å². The van der Waals surface area contributed by atoms with Crippen molar-refractivity contribution in [2.75, 3.05) is 13.1 Å². The van der Waals surface area contributed by atoms with Crippen molar-refractivity contribution < 1.29 is 0 Å². The highest BCUT2D eigenvalue weighted by Gasteiger charge is 2.30. The Morgan fingerprint density at radius 3 is 2.73 bits per heavy atom. The monoisotopic (exact) mass is 225 g/mol. The van der Waals surface area contributed by atoms with Gasteiger partial charge in [-0.2, -0.15) is 5.10 Å². The van der Waals surface area contributed by atoms with Crippen LogP contribution in [0.4, 0.5) is 0 Å². The number of nitrogens with one attached hydrogen (secondary N) is 1. The van der Waals surface area contributed by atoms with Gasteiger partial charge in [0.05, 0.1) is 0 Å². The van der Waals surface area contributed by atoms with Gasteiger partial charge in [-0.3, -0.25) is 10.00 Å². The molecule has 3 rings (SSSR count). The fraction of sp³-hybridized carbons (Fsp3) is 0.727. The quantitative estimate of drug-likeness (QED) is 0.858. The molecule has 0 unspecified atom stereocenters. The number of H-pyrrole nitrogens is 1. The van der Waals surface area contributed by atoms with Crippen LogP contribution in [0.25, 0.3) is 0 Å². The van der Waals surface area contributed by atoms with E-state index >= 15 is 0 Å². The molecule has 1 aromatic rings. The Balaban J connectivity index is 1.79. The molecule has 2 fully saturated rings. The van der Waals surface area contributed by atoms with Crippen molar-refractivity contribution in [3.63, 3.8) is 0 Å². The minimum absolute atomic E-state index is 0.684. The molecule has 2 aliphatic rings. The first-order chi connectivity index (χ1) is 7.34. The van der Waals surface area contributed by atoms with Crippen molar-refractivity contribution in [2.24, 2.45) is 0 Å². The number of likely N-dealkylation sites (tertiary alicyclic amines) is 1. The summed E-state index contributed by atoms with van der Waals surface area (Å²) < 4.78 is 0. The third-order valence-electron chi connectivity index (χ3n) is 3.41. The molecule has 0 bridgehead atoms. The zero-order valence-corrected chi connectivity index (χ0v) is 9.56. The van der Waals surface area contributed by atoms with Crippen LogP contribution in [0.1, 0.15) is 42.9 Å². The van der Waals surface area contributed by atoms with Crippen molar-refractivity contribution in [3.05, 3.63) is 16.4 Å². The Morgan fingerprint density at radius 2 is 2.07 bits per heavy atom. The summed E-state index contributed by atoms with van der Waals surface area (Å²) in [6, 6.07) is 0. The van der Waals surface area contributed by atoms with E-state index in [9.17, 15) is 0 Å². The van der Waals surface area contributed by atoms with Gasteiger partial charge in [0, 0.05) is 23.7 Å². The van der Waals surface area contributed by atoms with Crippen molar-refractivity contribution in [1.82, 2.24) is 15.1 Å². The van der Waals surface area contributed by atoms with E-state index in [1.165, 1.54) is 50.0 Å². The average molecular weight is 226 g/mol. The van der Waals surface area contributed by atoms with Crippen LogP contribution in [0, 0.1) is 0 Å². The predicted molar refractivity (Wildman–Crippen MR) is 60.1 cm³/mol. The van der Waals surface area contributed by atoms with E-state index < -0.39 is 0 Å². The SMILES string of the molecule is Clc1n[nH]c(C2CC2)c1CN1CCCC1. The molecular formula is C11H16ClN3. The molecule has 1 aliphatic heterocycles. The van der Waals surface area contributed by atoms with Crippen molar-refractivity contribution in [2.45, 2.75) is 38.1 Å². The van der Waals surface area contributed by atoms with E-state index in [4.69, 9.17) is 11.6 Å². The summed E-state index contributed by atoms with van der Waals surface area (Å²) in [5.41, 5.74) is 2.55. The molecule has 0 spiro atoms. The van der Waals surface area contributed by atoms with Gasteiger partial charge in [0.15, 0.2) is 5.15 Å². The molecule has 82 valence electrons. The summed E-state index contributed by atoms with van der Waals surface area (Å²) in [6.45, 7) is 3.42. The van der Waals surface area contributed by atoms with Crippen LogP contribution in [-0.4, -0.2) is 28.2 Å². The molecule has 0 radical (unpaired) electrons. The summed E-state index contributed by atoms with van der Waals surface area (Å²) in [7, 11) is 0. The fourth-order valence-corrected chi connectivity index (χ4v) is 2.58. The fourth-order valence-electron chi connectivity index (χ4n) is 2.38. The topological polar surface area (TPSA) is 31.9 Å². The molecule has 0 amide bonds. The molecule has 15 heavy (non-hydrogen) atoms. The largest absolute Gasteiger partial charge is 0.299 e. The van der Waals surface area contributed by atoms with Crippen molar-refractivity contribution in [3.8, 4) is 0 Å². The standard InChI is InChI=1S/C11H16ClN3/c12-11-9(7-15-5-1-2-6-15)10(13-14-11)8-3-4-8/h8H,1-7H2,(H,13,14). The van der Waals surface area contributed by atoms with Crippen LogP contribution >= 0.6 is 11.6 Å². The maximum Gasteiger partial charge on any atom is 0.155 e. The maximum absolute atomic E-state index is 6.13. The van der Waals surface area contributed by atoms with Gasteiger partial charge in [-0.15, -0.1) is 0 Å². The smallest absolute Gasteiger partial charge is 0.155 e. The number of nitrogens with zero attached hydrogens (tertiary/aromatic N) is 2. The Bertz CT molecular complexity index is 351. The molecule has 2 heterocycles. The van der Waals surface area contributed by atoms with Crippen LogP contribution < -0.4 is 0 Å². The third-order valence-corrected chi connectivity index (χ3v) is 3.73. The van der Waals surface area contributed by atoms with Gasteiger partial charge >= 0.3 is 0 Å². The van der Waals surface area contributed by atoms with E-state index in [0.717, 1.165) is 6.54 Å². The second-order valence-electron chi connectivity index (χ2n) is 4.66. The Morgan fingerprint density at radius 1 is 1.33 bits per heavy atom. The first kappa shape index (κ1) is 9.67. The molecule has 1 N–H and O–H groups in total. The Hall–Kier alpha value is -0.540. The summed E-state index contributed by atoms with van der Waals surface area (Å²) >= 11 is 6.13. The molecule has 1 aromatic heterocycles. The molecule has 4 heteroatoms. The number of halogens is 1. The Kier molecular flexibility index (Phi) is 2.45. The van der Waals surface area contributed by atoms with Gasteiger partial charge in [-0.25, -0.2) is 0 Å². The van der Waals surface area contributed by atoms with Gasteiger partial charge in [0.2, 0.25) is 0 Å². The van der Waals surface area contributed by atoms with Crippen LogP contribution in [0.3, 0.4) is 0 Å². The minimum atomic E-state index is 0.684. The van der Waals surface area contributed by atoms with Crippen LogP contribution in [0.15, 0.2) is 0 Å². The van der Waals surface area contributed by atoms with Crippen molar-refractivity contribution in [1.29, 1.82) is 0 Å². The second-order valence-corrected chi connectivity index (χ2v) is 5.02. The highest BCUT2D eigenvalue weighted by molar-refractivity contribution is 6.30. The lowest BCUT2D eigenvalue weighted by Gasteiger charge is -2.14. The zero-order chi connectivity index (χ0) is 10.3. The second kappa shape index (κ2) is 3.80. The van der Waals surface area contributed by atoms with Gasteiger partial charge in [-0.1, -0.05) is 11.6 Å². The van der Waals surface area contributed by atoms with Gasteiger partial charge < -0.3 is 0 Å². The molecule has 1 saturated carbocycles. The van der Waals surface area contributed by atoms with Crippen LogP contribution in [0.5, 0.6) is 0 Å². The maximum atomic E-state index is 6.13. The number of rotatable bonds is 3. The van der Waals surface area contributed by atoms with Crippen LogP contribution in [-0.2, 0) is 6.54 Å². The number of hydrogen-bond acceptors (Lipinski definition) is 2. The molecular weight excluding hydrogens is 210 g/mol. The van der Waals surface area contributed by atoms with E-state index in [2.05, 4.69) is 15.1 Å². The number of hydrogen-bond donors (Lipinski definition) is 1. The lowest BCUT2D eigenvalue weighted by atomic mass is 10.2. The van der Waals surface area contributed by atoms with E-state index in [1.807, 2.05) is 0 Å². The number of aromatic nitrogens is 2. The first-order valence-corrected chi connectivity index (χ1v) is 6.17. The molecule has 0 atom stereocenters. The summed E-state index contributed by atoms with van der Waals surface area (Å²) in [5, 5.41) is 7.92. The minimum Gasteiger partial charge on any atom is -0.299 e. The normalized spacial score (nSPS) is 22.5. The highest BCUT2D eigenvalue weighted by Crippen LogP contribution is 2.42. The van der Waals surface area contributed by atoms with Crippen molar-refractivity contribution >= 4 is 11.6 Å². The molecule has 3 nitrogen and oxygen atoms in total. The summed E-state index contributed by atoms with van der Waals surface area (Å²) in [5.74, 6) is 0.711. The van der Waals surface area contributed by atoms with E-state index in [1.54, 1.807) is 0 Å².